The Balaban J connectivity index is 2.12. The first-order chi connectivity index (χ1) is 9.89. The highest BCUT2D eigenvalue weighted by Crippen LogP contribution is 2.40. The fourth-order valence-corrected chi connectivity index (χ4v) is 2.55. The monoisotopic (exact) mass is 355 g/mol. The topological polar surface area (TPSA) is 54.9 Å². The predicted octanol–water partition coefficient (Wildman–Crippen LogP) is 3.03. The fraction of sp³-hybridized carbons (Fsp3) is 0.533. The molecule has 5 nitrogen and oxygen atoms in total. The molecule has 0 aromatic heterocycles. The largest absolute Gasteiger partial charge is 0.454 e. The fourth-order valence-electron chi connectivity index (χ4n) is 1.94. The maximum absolute atomic E-state index is 5.42. The highest BCUT2D eigenvalue weighted by molar-refractivity contribution is 9.10. The van der Waals surface area contributed by atoms with E-state index in [1.165, 1.54) is 0 Å². The van der Waals surface area contributed by atoms with Crippen LogP contribution in [-0.2, 0) is 6.54 Å². The molecule has 0 aliphatic carbocycles. The van der Waals surface area contributed by atoms with Gasteiger partial charge in [-0.15, -0.1) is 0 Å². The molecule has 0 amide bonds. The average Bonchev–Trinajstić information content (AvgIpc) is 2.83. The summed E-state index contributed by atoms with van der Waals surface area (Å²) < 4.78 is 11.7. The summed E-state index contributed by atoms with van der Waals surface area (Å²) in [5.74, 6) is 2.34. The zero-order valence-electron chi connectivity index (χ0n) is 12.9. The lowest BCUT2D eigenvalue weighted by Gasteiger charge is -2.23. The number of nitrogens with zero attached hydrogens (tertiary/aromatic N) is 1. The van der Waals surface area contributed by atoms with Crippen LogP contribution in [0.5, 0.6) is 11.5 Å². The van der Waals surface area contributed by atoms with E-state index in [0.29, 0.717) is 6.54 Å². The predicted molar refractivity (Wildman–Crippen MR) is 88.0 cm³/mol. The van der Waals surface area contributed by atoms with E-state index in [-0.39, 0.29) is 12.3 Å². The molecule has 0 fully saturated rings. The summed E-state index contributed by atoms with van der Waals surface area (Å²) in [5, 5.41) is 6.61. The smallest absolute Gasteiger partial charge is 0.231 e. The Hall–Kier alpha value is -1.43. The molecule has 6 heteroatoms. The van der Waals surface area contributed by atoms with E-state index in [2.05, 4.69) is 59.3 Å². The summed E-state index contributed by atoms with van der Waals surface area (Å²) in [6.45, 7) is 10.0. The average molecular weight is 356 g/mol. The number of benzene rings is 1. The first kappa shape index (κ1) is 15.9. The normalized spacial score (nSPS) is 14.2. The van der Waals surface area contributed by atoms with Gasteiger partial charge in [-0.3, -0.25) is 0 Å². The molecule has 0 atom stereocenters. The molecular weight excluding hydrogens is 334 g/mol. The third-order valence-corrected chi connectivity index (χ3v) is 3.33. The van der Waals surface area contributed by atoms with Crippen molar-refractivity contribution in [3.05, 3.63) is 22.2 Å². The van der Waals surface area contributed by atoms with E-state index in [9.17, 15) is 0 Å². The number of hydrogen-bond donors (Lipinski definition) is 2. The van der Waals surface area contributed by atoms with Crippen LogP contribution in [0.3, 0.4) is 0 Å². The van der Waals surface area contributed by atoms with Gasteiger partial charge < -0.3 is 20.1 Å². The van der Waals surface area contributed by atoms with Crippen LogP contribution in [0.2, 0.25) is 0 Å². The third-order valence-electron chi connectivity index (χ3n) is 2.74. The van der Waals surface area contributed by atoms with Gasteiger partial charge in [-0.25, -0.2) is 4.99 Å². The molecule has 1 heterocycles. The second-order valence-corrected chi connectivity index (χ2v) is 6.74. The van der Waals surface area contributed by atoms with Gasteiger partial charge in [0, 0.05) is 12.1 Å². The molecule has 1 aromatic rings. The summed E-state index contributed by atoms with van der Waals surface area (Å²) in [5.41, 5.74) is 1.04. The minimum Gasteiger partial charge on any atom is -0.454 e. The Bertz CT molecular complexity index is 538. The number of halogens is 1. The minimum atomic E-state index is -0.0313. The Morgan fingerprint density at radius 3 is 2.76 bits per heavy atom. The van der Waals surface area contributed by atoms with Gasteiger partial charge in [0.15, 0.2) is 17.5 Å². The van der Waals surface area contributed by atoms with E-state index in [0.717, 1.165) is 34.0 Å². The second-order valence-electron chi connectivity index (χ2n) is 5.88. The lowest BCUT2D eigenvalue weighted by atomic mass is 10.1. The van der Waals surface area contributed by atoms with E-state index in [1.807, 2.05) is 12.1 Å². The Labute approximate surface area is 134 Å². The molecule has 1 aromatic carbocycles. The summed E-state index contributed by atoms with van der Waals surface area (Å²) in [6, 6.07) is 3.98. The lowest BCUT2D eigenvalue weighted by Crippen LogP contribution is -2.47. The van der Waals surface area contributed by atoms with Gasteiger partial charge in [0.05, 0.1) is 11.0 Å². The Kier molecular flexibility index (Phi) is 4.98. The van der Waals surface area contributed by atoms with Crippen molar-refractivity contribution >= 4 is 21.9 Å². The number of ether oxygens (including phenoxy) is 2. The van der Waals surface area contributed by atoms with Crippen molar-refractivity contribution in [2.24, 2.45) is 4.99 Å². The molecule has 21 heavy (non-hydrogen) atoms. The maximum Gasteiger partial charge on any atom is 0.231 e. The van der Waals surface area contributed by atoms with Crippen LogP contribution in [0.1, 0.15) is 33.3 Å². The first-order valence-electron chi connectivity index (χ1n) is 7.03. The molecule has 1 aliphatic heterocycles. The van der Waals surface area contributed by atoms with Crippen molar-refractivity contribution < 1.29 is 9.47 Å². The molecule has 1 aliphatic rings. The first-order valence-corrected chi connectivity index (χ1v) is 7.83. The van der Waals surface area contributed by atoms with E-state index < -0.39 is 0 Å². The lowest BCUT2D eigenvalue weighted by molar-refractivity contribution is 0.173. The van der Waals surface area contributed by atoms with Crippen LogP contribution in [0.25, 0.3) is 0 Å². The molecule has 0 bridgehead atoms. The number of fused-ring (bicyclic) bond motifs is 1. The zero-order valence-corrected chi connectivity index (χ0v) is 14.5. The van der Waals surface area contributed by atoms with E-state index in [1.54, 1.807) is 0 Å². The highest BCUT2D eigenvalue weighted by atomic mass is 79.9. The van der Waals surface area contributed by atoms with Crippen molar-refractivity contribution in [3.63, 3.8) is 0 Å². The van der Waals surface area contributed by atoms with Gasteiger partial charge in [-0.1, -0.05) is 0 Å². The van der Waals surface area contributed by atoms with Crippen LogP contribution in [0.4, 0.5) is 0 Å². The summed E-state index contributed by atoms with van der Waals surface area (Å²) in [4.78, 5) is 4.61. The SMILES string of the molecule is CCNC(=NCc1cc(Br)c2c(c1)OCO2)NC(C)(C)C. The van der Waals surface area contributed by atoms with Crippen molar-refractivity contribution in [2.75, 3.05) is 13.3 Å². The summed E-state index contributed by atoms with van der Waals surface area (Å²) >= 11 is 3.50. The maximum atomic E-state index is 5.42. The molecule has 116 valence electrons. The van der Waals surface area contributed by atoms with E-state index >= 15 is 0 Å². The molecule has 0 saturated heterocycles. The van der Waals surface area contributed by atoms with Gasteiger partial charge >= 0.3 is 0 Å². The molecular formula is C15H22BrN3O2. The van der Waals surface area contributed by atoms with Crippen LogP contribution in [-0.4, -0.2) is 24.8 Å². The van der Waals surface area contributed by atoms with Crippen molar-refractivity contribution in [2.45, 2.75) is 39.8 Å². The summed E-state index contributed by atoms with van der Waals surface area (Å²) in [7, 11) is 0. The number of hydrogen-bond acceptors (Lipinski definition) is 3. The number of guanidine groups is 1. The molecule has 0 unspecified atom stereocenters. The Morgan fingerprint density at radius 1 is 1.33 bits per heavy atom. The van der Waals surface area contributed by atoms with Gasteiger partial charge in [-0.05, 0) is 61.3 Å². The molecule has 0 saturated carbocycles. The van der Waals surface area contributed by atoms with E-state index in [4.69, 9.17) is 9.47 Å². The number of nitrogens with one attached hydrogen (secondary N) is 2. The minimum absolute atomic E-state index is 0.0313. The van der Waals surface area contributed by atoms with Crippen LogP contribution in [0, 0.1) is 0 Å². The van der Waals surface area contributed by atoms with Gasteiger partial charge in [0.25, 0.3) is 0 Å². The molecule has 2 rings (SSSR count). The van der Waals surface area contributed by atoms with Crippen molar-refractivity contribution in [3.8, 4) is 11.5 Å². The van der Waals surface area contributed by atoms with Crippen molar-refractivity contribution in [1.29, 1.82) is 0 Å². The number of rotatable bonds is 3. The summed E-state index contributed by atoms with van der Waals surface area (Å²) in [6.07, 6.45) is 0. The molecule has 0 spiro atoms. The second kappa shape index (κ2) is 6.56. The molecule has 2 N–H and O–H groups in total. The molecule has 0 radical (unpaired) electrons. The van der Waals surface area contributed by atoms with Gasteiger partial charge in [-0.2, -0.15) is 0 Å². The van der Waals surface area contributed by atoms with Crippen LogP contribution in [0.15, 0.2) is 21.6 Å². The van der Waals surface area contributed by atoms with Crippen molar-refractivity contribution in [1.82, 2.24) is 10.6 Å². The Morgan fingerprint density at radius 2 is 2.10 bits per heavy atom. The standard InChI is InChI=1S/C15H22BrN3O2/c1-5-17-14(19-15(2,3)4)18-8-10-6-11(16)13-12(7-10)20-9-21-13/h6-7H,5,8-9H2,1-4H3,(H2,17,18,19). The quantitative estimate of drug-likeness (QED) is 0.646. The van der Waals surface area contributed by atoms with Gasteiger partial charge in [0.1, 0.15) is 0 Å². The van der Waals surface area contributed by atoms with Crippen LogP contribution < -0.4 is 20.1 Å². The number of aliphatic imine (C=N–C) groups is 1. The highest BCUT2D eigenvalue weighted by Gasteiger charge is 2.18. The van der Waals surface area contributed by atoms with Gasteiger partial charge in [0.2, 0.25) is 6.79 Å². The third kappa shape index (κ3) is 4.52. The zero-order chi connectivity index (χ0) is 15.5. The van der Waals surface area contributed by atoms with Crippen LogP contribution >= 0.6 is 15.9 Å².